The SMILES string of the molecule is COC(=O)NC(CN1CCCC1C(=O)Nc1ccc(C2CCC(c3ccc(NC(=O)C4CCCN4C(=O)C(NC(=O)OC)C(C)(C)C)cc3)N2c2ccccc2)cc1)C(C)C. The third kappa shape index (κ3) is 10.8. The molecular formula is C47H63N7O7. The van der Waals surface area contributed by atoms with Crippen LogP contribution in [0.1, 0.15) is 96.4 Å². The van der Waals surface area contributed by atoms with Gasteiger partial charge < -0.3 is 40.5 Å². The van der Waals surface area contributed by atoms with E-state index in [-0.39, 0.29) is 47.8 Å². The van der Waals surface area contributed by atoms with Gasteiger partial charge >= 0.3 is 12.2 Å². The Labute approximate surface area is 360 Å². The van der Waals surface area contributed by atoms with E-state index in [4.69, 9.17) is 9.47 Å². The Balaban J connectivity index is 1.11. The molecule has 4 N–H and O–H groups in total. The van der Waals surface area contributed by atoms with Gasteiger partial charge in [-0.25, -0.2) is 9.59 Å². The number of para-hydroxylation sites is 1. The molecule has 3 fully saturated rings. The maximum atomic E-state index is 13.7. The summed E-state index contributed by atoms with van der Waals surface area (Å²) < 4.78 is 9.61. The van der Waals surface area contributed by atoms with Crippen molar-refractivity contribution in [1.82, 2.24) is 20.4 Å². The van der Waals surface area contributed by atoms with Crippen molar-refractivity contribution >= 4 is 47.0 Å². The highest BCUT2D eigenvalue weighted by Crippen LogP contribution is 2.47. The summed E-state index contributed by atoms with van der Waals surface area (Å²) in [4.78, 5) is 71.2. The van der Waals surface area contributed by atoms with Crippen molar-refractivity contribution < 1.29 is 33.4 Å². The normalized spacial score (nSPS) is 21.4. The first-order valence-electron chi connectivity index (χ1n) is 21.6. The van der Waals surface area contributed by atoms with Gasteiger partial charge in [0.05, 0.1) is 32.3 Å². The summed E-state index contributed by atoms with van der Waals surface area (Å²) in [5, 5.41) is 11.8. The average molecular weight is 838 g/mol. The molecule has 6 atom stereocenters. The van der Waals surface area contributed by atoms with Crippen molar-refractivity contribution in [2.24, 2.45) is 11.3 Å². The largest absolute Gasteiger partial charge is 0.453 e. The van der Waals surface area contributed by atoms with Crippen molar-refractivity contribution in [3.8, 4) is 0 Å². The van der Waals surface area contributed by atoms with E-state index in [0.717, 1.165) is 54.7 Å². The molecule has 3 aromatic carbocycles. The van der Waals surface area contributed by atoms with Crippen molar-refractivity contribution in [1.29, 1.82) is 0 Å². The lowest BCUT2D eigenvalue weighted by Gasteiger charge is -2.35. The average Bonchev–Trinajstić information content (AvgIpc) is 4.03. The van der Waals surface area contributed by atoms with Crippen LogP contribution in [-0.4, -0.2) is 97.7 Å². The second-order valence-electron chi connectivity index (χ2n) is 17.8. The van der Waals surface area contributed by atoms with Gasteiger partial charge in [-0.05, 0) is 104 Å². The second kappa shape index (κ2) is 19.8. The number of amides is 5. The molecular weight excluding hydrogens is 775 g/mol. The van der Waals surface area contributed by atoms with Gasteiger partial charge in [-0.15, -0.1) is 0 Å². The first-order chi connectivity index (χ1) is 29.2. The first-order valence-corrected chi connectivity index (χ1v) is 21.6. The molecule has 3 aliphatic rings. The zero-order chi connectivity index (χ0) is 43.8. The maximum absolute atomic E-state index is 13.7. The molecule has 3 aromatic rings. The lowest BCUT2D eigenvalue weighted by molar-refractivity contribution is -0.140. The molecule has 0 aromatic heterocycles. The summed E-state index contributed by atoms with van der Waals surface area (Å²) in [7, 11) is 2.61. The summed E-state index contributed by atoms with van der Waals surface area (Å²) in [6.07, 6.45) is 3.56. The highest BCUT2D eigenvalue weighted by Gasteiger charge is 2.42. The number of nitrogens with one attached hydrogen (secondary N) is 4. The highest BCUT2D eigenvalue weighted by atomic mass is 16.5. The van der Waals surface area contributed by atoms with Gasteiger partial charge in [-0.2, -0.15) is 0 Å². The zero-order valence-corrected chi connectivity index (χ0v) is 36.6. The van der Waals surface area contributed by atoms with Crippen LogP contribution >= 0.6 is 0 Å². The number of carbonyl (C=O) groups excluding carboxylic acids is 5. The van der Waals surface area contributed by atoms with Crippen LogP contribution in [0.2, 0.25) is 0 Å². The lowest BCUT2D eigenvalue weighted by atomic mass is 9.85. The predicted octanol–water partition coefficient (Wildman–Crippen LogP) is 7.25. The number of benzene rings is 3. The number of hydrogen-bond donors (Lipinski definition) is 4. The molecule has 14 heteroatoms. The minimum Gasteiger partial charge on any atom is -0.453 e. The molecule has 0 spiro atoms. The van der Waals surface area contributed by atoms with Crippen LogP contribution in [0.3, 0.4) is 0 Å². The Bertz CT molecular complexity index is 1990. The van der Waals surface area contributed by atoms with Crippen molar-refractivity contribution in [3.05, 3.63) is 90.0 Å². The number of rotatable bonds is 13. The smallest absolute Gasteiger partial charge is 0.407 e. The molecule has 3 saturated heterocycles. The molecule has 3 heterocycles. The van der Waals surface area contributed by atoms with Gasteiger partial charge in [0.1, 0.15) is 12.1 Å². The Kier molecular flexibility index (Phi) is 14.6. The van der Waals surface area contributed by atoms with E-state index >= 15 is 0 Å². The fourth-order valence-electron chi connectivity index (χ4n) is 8.98. The highest BCUT2D eigenvalue weighted by molar-refractivity contribution is 5.99. The van der Waals surface area contributed by atoms with E-state index in [1.165, 1.54) is 14.2 Å². The van der Waals surface area contributed by atoms with E-state index in [1.54, 1.807) is 4.90 Å². The maximum Gasteiger partial charge on any atom is 0.407 e. The summed E-state index contributed by atoms with van der Waals surface area (Å²) in [5.74, 6) is -0.437. The third-order valence-electron chi connectivity index (χ3n) is 12.4. The van der Waals surface area contributed by atoms with Crippen LogP contribution in [0.5, 0.6) is 0 Å². The molecule has 0 radical (unpaired) electrons. The van der Waals surface area contributed by atoms with Crippen LogP contribution in [0.15, 0.2) is 78.9 Å². The van der Waals surface area contributed by atoms with Gasteiger partial charge in [-0.3, -0.25) is 19.3 Å². The number of carbonyl (C=O) groups is 5. The fraction of sp³-hybridized carbons (Fsp3) is 0.511. The minimum absolute atomic E-state index is 0.0477. The van der Waals surface area contributed by atoms with Crippen LogP contribution in [0.4, 0.5) is 26.7 Å². The Morgan fingerprint density at radius 2 is 1.18 bits per heavy atom. The Morgan fingerprint density at radius 1 is 0.672 bits per heavy atom. The van der Waals surface area contributed by atoms with Crippen LogP contribution in [-0.2, 0) is 23.9 Å². The molecule has 5 amide bonds. The Morgan fingerprint density at radius 3 is 1.70 bits per heavy atom. The Hall–Kier alpha value is -5.63. The zero-order valence-electron chi connectivity index (χ0n) is 36.6. The van der Waals surface area contributed by atoms with Gasteiger partial charge in [0.25, 0.3) is 0 Å². The van der Waals surface area contributed by atoms with E-state index in [9.17, 15) is 24.0 Å². The molecule has 3 aliphatic heterocycles. The quantitative estimate of drug-likeness (QED) is 0.139. The summed E-state index contributed by atoms with van der Waals surface area (Å²) in [6, 6.07) is 24.7. The van der Waals surface area contributed by atoms with Crippen LogP contribution < -0.4 is 26.2 Å². The summed E-state index contributed by atoms with van der Waals surface area (Å²) in [6.45, 7) is 11.5. The first kappa shape index (κ1) is 44.9. The standard InChI is InChI=1S/C47H63N7O7/c1-30(2)36(50-45(58)60-6)29-52-27-11-15-39(52)42(55)48-33-21-17-31(18-22-33)37-25-26-38(54(37)35-13-9-8-10-14-35)32-19-23-34(24-20-32)49-43(56)40-16-12-28-53(40)44(57)41(47(3,4)5)51-46(59)61-7/h8-10,13-14,17-24,30,36-41H,11-12,15-16,25-29H2,1-7H3,(H,48,55)(H,49,56)(H,50,58)(H,51,59). The number of nitrogens with zero attached hydrogens (tertiary/aromatic N) is 3. The molecule has 6 rings (SSSR count). The monoisotopic (exact) mass is 837 g/mol. The molecule has 0 bridgehead atoms. The summed E-state index contributed by atoms with van der Waals surface area (Å²) in [5.41, 5.74) is 4.16. The molecule has 14 nitrogen and oxygen atoms in total. The van der Waals surface area contributed by atoms with Crippen molar-refractivity contribution in [2.45, 2.75) is 109 Å². The number of alkyl carbamates (subject to hydrolysis) is 2. The van der Waals surface area contributed by atoms with E-state index in [0.29, 0.717) is 31.6 Å². The van der Waals surface area contributed by atoms with E-state index in [1.807, 2.05) is 77.1 Å². The minimum atomic E-state index is -0.851. The van der Waals surface area contributed by atoms with Crippen molar-refractivity contribution in [2.75, 3.05) is 49.4 Å². The lowest BCUT2D eigenvalue weighted by Crippen LogP contribution is -2.57. The molecule has 328 valence electrons. The number of ether oxygens (including phenoxy) is 2. The van der Waals surface area contributed by atoms with E-state index < -0.39 is 29.7 Å². The van der Waals surface area contributed by atoms with Crippen LogP contribution in [0.25, 0.3) is 0 Å². The number of likely N-dealkylation sites (tertiary alicyclic amines) is 2. The summed E-state index contributed by atoms with van der Waals surface area (Å²) >= 11 is 0. The van der Waals surface area contributed by atoms with Gasteiger partial charge in [0.2, 0.25) is 17.7 Å². The number of methoxy groups -OCH3 is 2. The molecule has 0 saturated carbocycles. The topological polar surface area (TPSA) is 162 Å². The van der Waals surface area contributed by atoms with E-state index in [2.05, 4.69) is 67.5 Å². The third-order valence-corrected chi connectivity index (χ3v) is 12.4. The van der Waals surface area contributed by atoms with Gasteiger partial charge in [0.15, 0.2) is 0 Å². The predicted molar refractivity (Wildman–Crippen MR) is 236 cm³/mol. The number of hydrogen-bond acceptors (Lipinski definition) is 9. The van der Waals surface area contributed by atoms with Crippen molar-refractivity contribution in [3.63, 3.8) is 0 Å². The molecule has 61 heavy (non-hydrogen) atoms. The second-order valence-corrected chi connectivity index (χ2v) is 17.8. The molecule has 0 aliphatic carbocycles. The number of anilines is 3. The van der Waals surface area contributed by atoms with Gasteiger partial charge in [-0.1, -0.05) is 77.1 Å². The van der Waals surface area contributed by atoms with Crippen LogP contribution in [0, 0.1) is 11.3 Å². The van der Waals surface area contributed by atoms with Gasteiger partial charge in [0, 0.05) is 36.2 Å². The molecule has 6 unspecified atom stereocenters. The fourth-order valence-corrected chi connectivity index (χ4v) is 8.98.